The van der Waals surface area contributed by atoms with Crippen LogP contribution in [0.15, 0.2) is 30.3 Å². The molecule has 0 N–H and O–H groups in total. The predicted octanol–water partition coefficient (Wildman–Crippen LogP) is 4.56. The van der Waals surface area contributed by atoms with Gasteiger partial charge in [-0.1, -0.05) is 50.1 Å². The summed E-state index contributed by atoms with van der Waals surface area (Å²) in [5.74, 6) is 1.29. The van der Waals surface area contributed by atoms with Gasteiger partial charge in [-0.25, -0.2) is 4.68 Å². The van der Waals surface area contributed by atoms with Crippen LogP contribution in [0.1, 0.15) is 50.8 Å². The van der Waals surface area contributed by atoms with Crippen LogP contribution in [-0.4, -0.2) is 47.4 Å². The molecule has 0 unspecified atom stereocenters. The number of rotatable bonds is 7. The lowest BCUT2D eigenvalue weighted by Gasteiger charge is -2.41. The van der Waals surface area contributed by atoms with Crippen molar-refractivity contribution in [3.05, 3.63) is 46.6 Å². The van der Waals surface area contributed by atoms with Gasteiger partial charge in [-0.15, -0.1) is 0 Å². The second-order valence-corrected chi connectivity index (χ2v) is 8.30. The molecule has 1 saturated carbocycles. The summed E-state index contributed by atoms with van der Waals surface area (Å²) in [5, 5.41) is 5.96. The fraction of sp³-hybridized carbons (Fsp3) is 0.591. The van der Waals surface area contributed by atoms with Gasteiger partial charge in [0.05, 0.1) is 5.69 Å². The van der Waals surface area contributed by atoms with Crippen molar-refractivity contribution in [1.29, 1.82) is 0 Å². The van der Waals surface area contributed by atoms with Gasteiger partial charge in [0.15, 0.2) is 0 Å². The van der Waals surface area contributed by atoms with Crippen LogP contribution in [0.3, 0.4) is 0 Å². The normalized spacial score (nSPS) is 18.4. The molecule has 1 aliphatic heterocycles. The third-order valence-electron chi connectivity index (χ3n) is 6.55. The number of hydrogen-bond donors (Lipinski definition) is 0. The Morgan fingerprint density at radius 2 is 1.89 bits per heavy atom. The topological polar surface area (TPSA) is 24.3 Å². The summed E-state index contributed by atoms with van der Waals surface area (Å²) >= 11 is 6.59. The molecule has 1 aromatic carbocycles. The smallest absolute Gasteiger partial charge is 0.127 e. The molecule has 1 fully saturated rings. The lowest BCUT2D eigenvalue weighted by Crippen LogP contribution is -2.39. The van der Waals surface area contributed by atoms with Crippen molar-refractivity contribution in [2.24, 2.45) is 0 Å². The van der Waals surface area contributed by atoms with Gasteiger partial charge in [0.2, 0.25) is 0 Å². The average Bonchev–Trinajstić information content (AvgIpc) is 3.08. The number of anilines is 1. The van der Waals surface area contributed by atoms with E-state index >= 15 is 0 Å². The van der Waals surface area contributed by atoms with E-state index in [1.165, 1.54) is 29.9 Å². The number of benzene rings is 1. The first kappa shape index (κ1) is 18.8. The van der Waals surface area contributed by atoms with Crippen LogP contribution in [0.2, 0.25) is 5.02 Å². The van der Waals surface area contributed by atoms with Crippen molar-refractivity contribution in [2.45, 2.75) is 51.5 Å². The van der Waals surface area contributed by atoms with Crippen LogP contribution in [0.5, 0.6) is 0 Å². The molecular weight excluding hydrogens is 356 g/mol. The van der Waals surface area contributed by atoms with Crippen molar-refractivity contribution < 1.29 is 0 Å². The molecule has 5 heteroatoms. The number of halogens is 1. The second-order valence-electron chi connectivity index (χ2n) is 7.89. The van der Waals surface area contributed by atoms with E-state index in [0.29, 0.717) is 0 Å². The maximum atomic E-state index is 6.59. The molecule has 2 aromatic rings. The van der Waals surface area contributed by atoms with E-state index in [4.69, 9.17) is 16.7 Å². The SMILES string of the molecule is CCN(CC)CCN1CCCn2nc(C3(c4ccccc4Cl)CCC3)cc21. The summed E-state index contributed by atoms with van der Waals surface area (Å²) in [6.07, 6.45) is 4.71. The lowest BCUT2D eigenvalue weighted by atomic mass is 9.62. The summed E-state index contributed by atoms with van der Waals surface area (Å²) in [7, 11) is 0. The Bertz CT molecular complexity index is 776. The summed E-state index contributed by atoms with van der Waals surface area (Å²) in [6.45, 7) is 11.1. The van der Waals surface area contributed by atoms with Gasteiger partial charge in [-0.3, -0.25) is 0 Å². The van der Waals surface area contributed by atoms with Crippen molar-refractivity contribution in [3.63, 3.8) is 0 Å². The Hall–Kier alpha value is -1.52. The van der Waals surface area contributed by atoms with E-state index in [0.717, 1.165) is 57.1 Å². The first-order chi connectivity index (χ1) is 13.2. The number of likely N-dealkylation sites (N-methyl/N-ethyl adjacent to an activating group) is 1. The Balaban J connectivity index is 1.62. The molecule has 0 radical (unpaired) electrons. The molecule has 4 nitrogen and oxygen atoms in total. The molecule has 2 aliphatic rings. The standard InChI is InChI=1S/C22H31ClN4/c1-3-25(4-2)15-16-26-13-8-14-27-21(26)17-20(24-27)22(11-7-12-22)18-9-5-6-10-19(18)23/h5-6,9-10,17H,3-4,7-8,11-16H2,1-2H3. The third-order valence-corrected chi connectivity index (χ3v) is 6.88. The highest BCUT2D eigenvalue weighted by atomic mass is 35.5. The van der Waals surface area contributed by atoms with Crippen LogP contribution in [0, 0.1) is 0 Å². The number of hydrogen-bond acceptors (Lipinski definition) is 3. The maximum absolute atomic E-state index is 6.59. The van der Waals surface area contributed by atoms with E-state index in [1.54, 1.807) is 0 Å². The molecule has 0 spiro atoms. The van der Waals surface area contributed by atoms with Gasteiger partial charge in [-0.05, 0) is 44.0 Å². The van der Waals surface area contributed by atoms with E-state index in [1.807, 2.05) is 12.1 Å². The van der Waals surface area contributed by atoms with Crippen LogP contribution >= 0.6 is 11.6 Å². The third kappa shape index (κ3) is 3.38. The fourth-order valence-corrected chi connectivity index (χ4v) is 4.97. The Morgan fingerprint density at radius 1 is 1.11 bits per heavy atom. The highest BCUT2D eigenvalue weighted by Gasteiger charge is 2.44. The van der Waals surface area contributed by atoms with Gasteiger partial charge in [0.25, 0.3) is 0 Å². The van der Waals surface area contributed by atoms with Crippen LogP contribution in [0.25, 0.3) is 0 Å². The molecule has 27 heavy (non-hydrogen) atoms. The zero-order chi connectivity index (χ0) is 18.9. The zero-order valence-electron chi connectivity index (χ0n) is 16.6. The maximum Gasteiger partial charge on any atom is 0.127 e. The lowest BCUT2D eigenvalue weighted by molar-refractivity contribution is 0.290. The van der Waals surface area contributed by atoms with Crippen LogP contribution in [-0.2, 0) is 12.0 Å². The van der Waals surface area contributed by atoms with Gasteiger partial charge in [0, 0.05) is 42.7 Å². The monoisotopic (exact) mass is 386 g/mol. The minimum Gasteiger partial charge on any atom is -0.355 e. The Morgan fingerprint density at radius 3 is 2.56 bits per heavy atom. The predicted molar refractivity (Wildman–Crippen MR) is 113 cm³/mol. The molecule has 0 amide bonds. The van der Waals surface area contributed by atoms with Crippen molar-refractivity contribution in [3.8, 4) is 0 Å². The summed E-state index contributed by atoms with van der Waals surface area (Å²) in [4.78, 5) is 5.02. The van der Waals surface area contributed by atoms with Crippen molar-refractivity contribution in [2.75, 3.05) is 37.6 Å². The van der Waals surface area contributed by atoms with E-state index in [2.05, 4.69) is 46.5 Å². The van der Waals surface area contributed by atoms with Crippen molar-refractivity contribution in [1.82, 2.24) is 14.7 Å². The minimum atomic E-state index is 0.00717. The molecule has 1 aromatic heterocycles. The highest BCUT2D eigenvalue weighted by molar-refractivity contribution is 6.31. The fourth-order valence-electron chi connectivity index (χ4n) is 4.66. The molecule has 2 heterocycles. The average molecular weight is 387 g/mol. The van der Waals surface area contributed by atoms with Gasteiger partial charge in [0.1, 0.15) is 5.82 Å². The number of fused-ring (bicyclic) bond motifs is 1. The van der Waals surface area contributed by atoms with Crippen molar-refractivity contribution >= 4 is 17.4 Å². The molecule has 4 rings (SSSR count). The zero-order valence-corrected chi connectivity index (χ0v) is 17.4. The summed E-state index contributed by atoms with van der Waals surface area (Å²) < 4.78 is 2.23. The molecule has 0 bridgehead atoms. The number of nitrogens with zero attached hydrogens (tertiary/aromatic N) is 4. The van der Waals surface area contributed by atoms with Gasteiger partial charge < -0.3 is 9.80 Å². The second kappa shape index (κ2) is 7.84. The van der Waals surface area contributed by atoms with Gasteiger partial charge >= 0.3 is 0 Å². The van der Waals surface area contributed by atoms with Crippen LogP contribution < -0.4 is 4.90 Å². The molecule has 0 atom stereocenters. The molecular formula is C22H31ClN4. The van der Waals surface area contributed by atoms with E-state index in [9.17, 15) is 0 Å². The molecule has 146 valence electrons. The largest absolute Gasteiger partial charge is 0.355 e. The Labute approximate surface area is 168 Å². The molecule has 0 saturated heterocycles. The molecule has 1 aliphatic carbocycles. The Kier molecular flexibility index (Phi) is 5.47. The van der Waals surface area contributed by atoms with Gasteiger partial charge in [-0.2, -0.15) is 5.10 Å². The first-order valence-corrected chi connectivity index (χ1v) is 10.9. The van der Waals surface area contributed by atoms with E-state index in [-0.39, 0.29) is 5.41 Å². The van der Waals surface area contributed by atoms with Crippen LogP contribution in [0.4, 0.5) is 5.82 Å². The number of aromatic nitrogens is 2. The number of aryl methyl sites for hydroxylation is 1. The first-order valence-electron chi connectivity index (χ1n) is 10.5. The van der Waals surface area contributed by atoms with E-state index < -0.39 is 0 Å². The summed E-state index contributed by atoms with van der Waals surface area (Å²) in [5.41, 5.74) is 2.47. The minimum absolute atomic E-state index is 0.00717. The highest BCUT2D eigenvalue weighted by Crippen LogP contribution is 2.51. The summed E-state index contributed by atoms with van der Waals surface area (Å²) in [6, 6.07) is 10.7. The quantitative estimate of drug-likeness (QED) is 0.697.